The van der Waals surface area contributed by atoms with Crippen LogP contribution in [0.2, 0.25) is 0 Å². The van der Waals surface area contributed by atoms with Crippen molar-refractivity contribution in [3.05, 3.63) is 106 Å². The van der Waals surface area contributed by atoms with E-state index in [1.165, 1.54) is 33.4 Å². The Labute approximate surface area is 201 Å². The number of hydrogen-bond donors (Lipinski definition) is 1. The first-order valence-electron chi connectivity index (χ1n) is 9.97. The molecule has 1 nitrogen and oxygen atoms in total. The summed E-state index contributed by atoms with van der Waals surface area (Å²) in [6.07, 6.45) is 0. The third-order valence-corrected chi connectivity index (χ3v) is 5.00. The Morgan fingerprint density at radius 2 is 0.800 bits per heavy atom. The molecule has 3 aromatic carbocycles. The fraction of sp³-hybridized carbons (Fsp3) is 0.308. The average Bonchev–Trinajstić information content (AvgIpc) is 2.67. The Bertz CT molecular complexity index is 739. The first-order valence-corrected chi connectivity index (χ1v) is 9.97. The Morgan fingerprint density at radius 3 is 1.00 bits per heavy atom. The zero-order valence-electron chi connectivity index (χ0n) is 18.6. The Hall–Kier alpha value is -1.51. The summed E-state index contributed by atoms with van der Waals surface area (Å²) in [4.78, 5) is 0. The van der Waals surface area contributed by atoms with E-state index >= 15 is 0 Å². The molecule has 0 spiro atoms. The van der Waals surface area contributed by atoms with Gasteiger partial charge < -0.3 is 5.32 Å². The fourth-order valence-corrected chi connectivity index (χ4v) is 3.48. The van der Waals surface area contributed by atoms with Crippen molar-refractivity contribution < 1.29 is 0 Å². The summed E-state index contributed by atoms with van der Waals surface area (Å²) in [5, 5.41) is 3.11. The van der Waals surface area contributed by atoms with Crippen LogP contribution in [0.15, 0.2) is 72.8 Å². The monoisotopic (exact) mass is 467 g/mol. The Kier molecular flexibility index (Phi) is 16.6. The largest absolute Gasteiger partial charge is 0.317 e. The molecule has 0 fully saturated rings. The van der Waals surface area contributed by atoms with E-state index < -0.39 is 0 Å². The molecule has 30 heavy (non-hydrogen) atoms. The van der Waals surface area contributed by atoms with E-state index in [1.54, 1.807) is 0 Å². The van der Waals surface area contributed by atoms with E-state index in [-0.39, 0.29) is 37.2 Å². The van der Waals surface area contributed by atoms with Crippen molar-refractivity contribution in [3.8, 4) is 0 Å². The summed E-state index contributed by atoms with van der Waals surface area (Å²) in [6, 6.07) is 26.2. The van der Waals surface area contributed by atoms with E-state index in [0.29, 0.717) is 5.92 Å². The lowest BCUT2D eigenvalue weighted by atomic mass is 9.80. The second-order valence-corrected chi connectivity index (χ2v) is 6.96. The molecule has 0 radical (unpaired) electrons. The fourth-order valence-electron chi connectivity index (χ4n) is 3.48. The van der Waals surface area contributed by atoms with Gasteiger partial charge in [-0.15, -0.1) is 37.2 Å². The van der Waals surface area contributed by atoms with Gasteiger partial charge in [0, 0.05) is 5.92 Å². The minimum atomic E-state index is 0. The maximum atomic E-state index is 3.11. The van der Waals surface area contributed by atoms with Crippen molar-refractivity contribution in [2.24, 2.45) is 0 Å². The van der Waals surface area contributed by atoms with E-state index in [2.05, 4.69) is 113 Å². The summed E-state index contributed by atoms with van der Waals surface area (Å²) in [6.45, 7) is 13.0. The zero-order chi connectivity index (χ0) is 19.6. The number of benzene rings is 3. The van der Waals surface area contributed by atoms with E-state index in [0.717, 1.165) is 13.1 Å². The van der Waals surface area contributed by atoms with Crippen molar-refractivity contribution in [2.75, 3.05) is 13.1 Å². The van der Waals surface area contributed by atoms with Crippen LogP contribution >= 0.6 is 37.2 Å². The maximum absolute atomic E-state index is 3.11. The van der Waals surface area contributed by atoms with Crippen molar-refractivity contribution in [1.29, 1.82) is 0 Å². The highest BCUT2D eigenvalue weighted by Crippen LogP contribution is 2.36. The van der Waals surface area contributed by atoms with Crippen LogP contribution in [0.5, 0.6) is 0 Å². The predicted octanol–water partition coefficient (Wildman–Crippen LogP) is 7.67. The Morgan fingerprint density at radius 1 is 0.533 bits per heavy atom. The summed E-state index contributed by atoms with van der Waals surface area (Å²) in [7, 11) is 0. The third-order valence-electron chi connectivity index (χ3n) is 5.00. The molecule has 1 N–H and O–H groups in total. The van der Waals surface area contributed by atoms with Gasteiger partial charge in [-0.2, -0.15) is 0 Å². The third kappa shape index (κ3) is 8.32. The predicted molar refractivity (Wildman–Crippen MR) is 140 cm³/mol. The van der Waals surface area contributed by atoms with Gasteiger partial charge in [-0.1, -0.05) is 86.6 Å². The van der Waals surface area contributed by atoms with Crippen molar-refractivity contribution >= 4 is 37.2 Å². The van der Waals surface area contributed by atoms with E-state index in [4.69, 9.17) is 0 Å². The molecule has 0 aromatic heterocycles. The molecule has 3 rings (SSSR count). The standard InChI is InChI=1S/C22H22.C4H11N.3ClH/c1-16-10-4-7-13-19(16)22(20-14-8-5-11-17(20)2)21-15-9-6-12-18(21)3;1-3-5-4-2;;;/h4-15,22H,1-3H3;5H,3-4H2,1-2H3;3*1H. The SMILES string of the molecule is CCNCC.Cc1ccccc1C(c1ccccc1C)c1ccccc1C.Cl.Cl.Cl. The van der Waals surface area contributed by atoms with Gasteiger partial charge in [0.15, 0.2) is 0 Å². The van der Waals surface area contributed by atoms with Crippen LogP contribution in [0.3, 0.4) is 0 Å². The first kappa shape index (κ1) is 30.7. The van der Waals surface area contributed by atoms with E-state index in [1.807, 2.05) is 0 Å². The van der Waals surface area contributed by atoms with Gasteiger partial charge in [0.05, 0.1) is 0 Å². The van der Waals surface area contributed by atoms with Crippen LogP contribution in [0.1, 0.15) is 53.1 Å². The smallest absolute Gasteiger partial charge is 0.0347 e. The summed E-state index contributed by atoms with van der Waals surface area (Å²) >= 11 is 0. The zero-order valence-corrected chi connectivity index (χ0v) is 21.1. The summed E-state index contributed by atoms with van der Waals surface area (Å²) in [5.74, 6) is 0.295. The molecular formula is C26H36Cl3N. The van der Waals surface area contributed by atoms with Crippen LogP contribution in [0, 0.1) is 20.8 Å². The van der Waals surface area contributed by atoms with Crippen molar-refractivity contribution in [3.63, 3.8) is 0 Å². The number of hydrogen-bond acceptors (Lipinski definition) is 1. The molecule has 166 valence electrons. The lowest BCUT2D eigenvalue weighted by Gasteiger charge is -2.24. The number of rotatable bonds is 5. The van der Waals surface area contributed by atoms with Crippen LogP contribution in [-0.2, 0) is 0 Å². The quantitative estimate of drug-likeness (QED) is 0.379. The van der Waals surface area contributed by atoms with Gasteiger partial charge in [0.25, 0.3) is 0 Å². The molecule has 0 aliphatic carbocycles. The second kappa shape index (κ2) is 16.2. The lowest BCUT2D eigenvalue weighted by molar-refractivity contribution is 0.762. The molecule has 0 aliphatic rings. The minimum Gasteiger partial charge on any atom is -0.317 e. The van der Waals surface area contributed by atoms with Crippen molar-refractivity contribution in [1.82, 2.24) is 5.32 Å². The lowest BCUT2D eigenvalue weighted by Crippen LogP contribution is -2.09. The summed E-state index contributed by atoms with van der Waals surface area (Å²) in [5.41, 5.74) is 8.22. The molecule has 0 unspecified atom stereocenters. The van der Waals surface area contributed by atoms with Crippen LogP contribution in [0.4, 0.5) is 0 Å². The van der Waals surface area contributed by atoms with Crippen molar-refractivity contribution in [2.45, 2.75) is 40.5 Å². The molecule has 0 aliphatic heterocycles. The van der Waals surface area contributed by atoms with Crippen LogP contribution in [0.25, 0.3) is 0 Å². The molecule has 4 heteroatoms. The number of halogens is 3. The Balaban J connectivity index is 0. The van der Waals surface area contributed by atoms with Gasteiger partial charge in [0.2, 0.25) is 0 Å². The number of aryl methyl sites for hydroxylation is 3. The molecule has 0 atom stereocenters. The second-order valence-electron chi connectivity index (χ2n) is 6.96. The molecule has 0 amide bonds. The van der Waals surface area contributed by atoms with Gasteiger partial charge in [-0.25, -0.2) is 0 Å². The highest BCUT2D eigenvalue weighted by atomic mass is 35.5. The normalized spacial score (nSPS) is 9.40. The van der Waals surface area contributed by atoms with Gasteiger partial charge in [0.1, 0.15) is 0 Å². The molecule has 3 aromatic rings. The summed E-state index contributed by atoms with van der Waals surface area (Å²) < 4.78 is 0. The van der Waals surface area contributed by atoms with Gasteiger partial charge in [-0.05, 0) is 67.2 Å². The highest BCUT2D eigenvalue weighted by Gasteiger charge is 2.21. The maximum Gasteiger partial charge on any atom is 0.0347 e. The van der Waals surface area contributed by atoms with Gasteiger partial charge >= 0.3 is 0 Å². The molecule has 0 heterocycles. The highest BCUT2D eigenvalue weighted by molar-refractivity contribution is 5.86. The van der Waals surface area contributed by atoms with E-state index in [9.17, 15) is 0 Å². The molecule has 0 bridgehead atoms. The molecular weight excluding hydrogens is 433 g/mol. The number of nitrogens with one attached hydrogen (secondary N) is 1. The first-order chi connectivity index (χ1) is 13.1. The molecule has 0 saturated heterocycles. The average molecular weight is 469 g/mol. The van der Waals surface area contributed by atoms with Crippen LogP contribution < -0.4 is 5.32 Å². The van der Waals surface area contributed by atoms with Crippen LogP contribution in [-0.4, -0.2) is 13.1 Å². The molecule has 0 saturated carbocycles. The minimum absolute atomic E-state index is 0. The van der Waals surface area contributed by atoms with Gasteiger partial charge in [-0.3, -0.25) is 0 Å². The topological polar surface area (TPSA) is 12.0 Å².